The largest absolute Gasteiger partial charge is 0.542 e. The summed E-state index contributed by atoms with van der Waals surface area (Å²) in [5.41, 5.74) is 19.5. The van der Waals surface area contributed by atoms with Crippen molar-refractivity contribution in [3.05, 3.63) is 123 Å². The number of allylic oxidation sites excluding steroid dienone is 2. The summed E-state index contributed by atoms with van der Waals surface area (Å²) in [7, 11) is 1.78. The fourth-order valence-electron chi connectivity index (χ4n) is 9.21. The highest BCUT2D eigenvalue weighted by Crippen LogP contribution is 2.46. The minimum atomic E-state index is -5.19. The Morgan fingerprint density at radius 1 is 0.600 bits per heavy atom. The van der Waals surface area contributed by atoms with Gasteiger partial charge in [-0.3, -0.25) is 4.68 Å². The number of nitrogens with two attached hydrogens (primary N) is 1. The number of quaternary nitrogens is 1. The first-order valence-corrected chi connectivity index (χ1v) is 21.3. The second kappa shape index (κ2) is 105. The van der Waals surface area contributed by atoms with E-state index < -0.39 is 24.3 Å². The third-order valence-corrected chi connectivity index (χ3v) is 12.2. The number of halogens is 7. The van der Waals surface area contributed by atoms with Gasteiger partial charge in [0.2, 0.25) is 5.52 Å². The fourth-order valence-corrected chi connectivity index (χ4v) is 9.38. The molecule has 11 nitrogen and oxygen atoms in total. The van der Waals surface area contributed by atoms with Crippen LogP contribution in [0.2, 0.25) is 5.02 Å². The average molecular weight is 1570 g/mol. The molecule has 0 saturated carbocycles. The van der Waals surface area contributed by atoms with Gasteiger partial charge in [-0.1, -0.05) is 369 Å². The predicted molar refractivity (Wildman–Crippen MR) is 498 cm³/mol. The van der Waals surface area contributed by atoms with Gasteiger partial charge in [-0.25, -0.2) is 4.98 Å². The van der Waals surface area contributed by atoms with Gasteiger partial charge in [0.25, 0.3) is 0 Å². The van der Waals surface area contributed by atoms with Gasteiger partial charge in [-0.05, 0) is 86.6 Å². The summed E-state index contributed by atoms with van der Waals surface area (Å²) in [6.45, 7) is 5.29. The van der Waals surface area contributed by atoms with Crippen LogP contribution >= 0.6 is 11.6 Å². The number of aryl methyl sites for hydroxylation is 3. The number of benzene rings is 3. The molecule has 3 aromatic carbocycles. The van der Waals surface area contributed by atoms with E-state index in [0.717, 1.165) is 104 Å². The molecule has 4 atom stereocenters. The van der Waals surface area contributed by atoms with Crippen molar-refractivity contribution in [2.24, 2.45) is 5.92 Å². The van der Waals surface area contributed by atoms with E-state index in [-0.39, 0.29) is 304 Å². The van der Waals surface area contributed by atoms with Crippen molar-refractivity contribution < 1.29 is 60.8 Å². The molecule has 2 aliphatic carbocycles. The Balaban J connectivity index is -0.0000000235. The Morgan fingerprint density at radius 2 is 1.03 bits per heavy atom. The maximum Gasteiger partial charge on any atom is 0.430 e. The molecule has 5 aromatic rings. The molecule has 0 saturated heterocycles. The summed E-state index contributed by atoms with van der Waals surface area (Å²) in [6, 6.07) is 21.9. The number of nitrogen functional groups attached to an aromatic ring is 1. The molecule has 2 aromatic heterocycles. The van der Waals surface area contributed by atoms with Gasteiger partial charge < -0.3 is 35.2 Å². The fraction of sp³-hybridized carbons (Fsp3) is 0.690. The van der Waals surface area contributed by atoms with Crippen molar-refractivity contribution in [3.8, 4) is 5.75 Å². The van der Waals surface area contributed by atoms with Crippen molar-refractivity contribution in [3.63, 3.8) is 0 Å². The first-order chi connectivity index (χ1) is 30.3. The number of unbranched alkanes of at least 4 members (excludes halogenated alkanes) is 1. The molecule has 105 heavy (non-hydrogen) atoms. The van der Waals surface area contributed by atoms with Crippen molar-refractivity contribution >= 4 is 40.1 Å². The van der Waals surface area contributed by atoms with Gasteiger partial charge in [0.1, 0.15) is 23.7 Å². The molecule has 0 spiro atoms. The molecule has 4 N–H and O–H groups in total. The summed E-state index contributed by atoms with van der Waals surface area (Å²) >= 11 is 6.28. The highest BCUT2D eigenvalue weighted by atomic mass is 35.5. The van der Waals surface area contributed by atoms with Crippen molar-refractivity contribution in [2.45, 2.75) is 400 Å². The van der Waals surface area contributed by atoms with Crippen molar-refractivity contribution in [2.75, 3.05) is 25.9 Å². The SMILES string of the molecule is C.C.C.C.C.C.C.C.C.C.C.C.C.C.C.C.C.C.C.C.C.C.C.C.C.C.C.C.C.C.C.C.C.C.C.C.C.C.C.C.C.COc1cc2c(cc1C)CC[NH+](CCCc1cn(CCCCC3=CC4Cc5[nH+]c6cc(Cl)ccc6c(N)c5C(C3)C4)nn1)C2c1ccccc1.O=C([O-])C(F)(F)F.O=C([O-])C(F)(F)F. The number of carboxylic acid groups (broad SMARTS) is 2. The number of H-pyrrole nitrogens is 1. The number of hydrogen-bond donors (Lipinski definition) is 2. The molecule has 1 aliphatic heterocycles. The van der Waals surface area contributed by atoms with Crippen LogP contribution in [0, 0.1) is 12.8 Å². The summed E-state index contributed by atoms with van der Waals surface area (Å²) in [5, 5.41) is 28.5. The van der Waals surface area contributed by atoms with E-state index in [1.165, 1.54) is 39.9 Å². The number of aliphatic carboxylic acids is 2. The number of anilines is 1. The van der Waals surface area contributed by atoms with E-state index in [9.17, 15) is 26.3 Å². The molecular weight excluding hydrogens is 1360 g/mol. The highest BCUT2D eigenvalue weighted by molar-refractivity contribution is 6.31. The van der Waals surface area contributed by atoms with Gasteiger partial charge in [0.15, 0.2) is 5.69 Å². The molecule has 18 heteroatoms. The highest BCUT2D eigenvalue weighted by Gasteiger charge is 2.37. The maximum atomic E-state index is 10.5. The molecule has 4 unspecified atom stereocenters. The average Bonchev–Trinajstić information content (AvgIpc) is 2.54. The van der Waals surface area contributed by atoms with E-state index in [1.807, 2.05) is 12.1 Å². The van der Waals surface area contributed by atoms with Crippen LogP contribution in [0.25, 0.3) is 10.9 Å². The molecular formula is C87H213ClF6N6O5. The van der Waals surface area contributed by atoms with Crippen LogP contribution in [0.5, 0.6) is 5.75 Å². The Labute approximate surface area is 673 Å². The van der Waals surface area contributed by atoms with E-state index in [1.54, 1.807) is 17.6 Å². The smallest absolute Gasteiger partial charge is 0.430 e. The van der Waals surface area contributed by atoms with E-state index in [0.29, 0.717) is 17.9 Å². The Kier molecular flexibility index (Phi) is 239. The first kappa shape index (κ1) is 239. The maximum absolute atomic E-state index is 10.5. The number of aromatic amines is 1. The molecule has 0 radical (unpaired) electrons. The summed E-state index contributed by atoms with van der Waals surface area (Å²) in [4.78, 5) is 22.9. The number of fused-ring (bicyclic) bond motifs is 6. The summed E-state index contributed by atoms with van der Waals surface area (Å²) in [6.07, 6.45) is 4.21. The zero-order valence-electron chi connectivity index (χ0n) is 35.3. The number of methoxy groups -OCH3 is 1. The number of carboxylic acids is 2. The topological polar surface area (TPSA) is 165 Å². The number of ether oxygens (including phenoxy) is 1. The number of rotatable bonds is 11. The van der Waals surface area contributed by atoms with Gasteiger partial charge >= 0.3 is 12.4 Å². The number of nitrogens with zero attached hydrogens (tertiary/aromatic N) is 3. The van der Waals surface area contributed by atoms with Crippen LogP contribution in [0.1, 0.15) is 394 Å². The predicted octanol–water partition coefficient (Wildman–Crippen LogP) is 31.5. The minimum absolute atomic E-state index is 0. The summed E-state index contributed by atoms with van der Waals surface area (Å²) in [5.74, 6) is -3.96. The van der Waals surface area contributed by atoms with Crippen LogP contribution in [-0.2, 0) is 35.4 Å². The second-order valence-electron chi connectivity index (χ2n) is 16.4. The van der Waals surface area contributed by atoms with Crippen LogP contribution in [0.4, 0.5) is 32.0 Å². The number of carbonyl (C=O) groups is 2. The van der Waals surface area contributed by atoms with Gasteiger partial charge in [0, 0.05) is 59.8 Å². The molecule has 3 aliphatic rings. The minimum Gasteiger partial charge on any atom is -0.542 e. The summed E-state index contributed by atoms with van der Waals surface area (Å²) < 4.78 is 70.9. The zero-order valence-corrected chi connectivity index (χ0v) is 36.0. The van der Waals surface area contributed by atoms with Gasteiger partial charge in [-0.2, -0.15) is 26.3 Å². The number of alkyl halides is 6. The van der Waals surface area contributed by atoms with Crippen LogP contribution in [-0.4, -0.2) is 59.5 Å². The van der Waals surface area contributed by atoms with Crippen LogP contribution in [0.3, 0.4) is 0 Å². The lowest BCUT2D eigenvalue weighted by molar-refractivity contribution is -0.928. The van der Waals surface area contributed by atoms with Crippen LogP contribution in [0.15, 0.2) is 78.5 Å². The van der Waals surface area contributed by atoms with Gasteiger partial charge in [-0.15, -0.1) is 5.10 Å². The quantitative estimate of drug-likeness (QED) is 0.0749. The Morgan fingerprint density at radius 3 is 1.44 bits per heavy atom. The van der Waals surface area contributed by atoms with Gasteiger partial charge in [0.05, 0.1) is 37.0 Å². The number of carbonyl (C=O) groups excluding carboxylic acids is 2. The second-order valence-corrected chi connectivity index (χ2v) is 16.9. The van der Waals surface area contributed by atoms with Crippen molar-refractivity contribution in [1.29, 1.82) is 0 Å². The molecule has 0 amide bonds. The monoisotopic (exact) mass is 1570 g/mol. The third kappa shape index (κ3) is 63.0. The van der Waals surface area contributed by atoms with E-state index in [2.05, 4.69) is 87.7 Å². The lowest BCUT2D eigenvalue weighted by Gasteiger charge is -2.35. The van der Waals surface area contributed by atoms with E-state index in [4.69, 9.17) is 41.9 Å². The Bertz CT molecular complexity index is 2470. The third-order valence-electron chi connectivity index (χ3n) is 12.0. The molecule has 0 fully saturated rings. The van der Waals surface area contributed by atoms with Crippen LogP contribution < -0.4 is 30.6 Å². The number of aromatic nitrogens is 4. The lowest BCUT2D eigenvalue weighted by atomic mass is 9.70. The normalized spacial score (nSPS) is 11.5. The standard InChI is InChI=1S/C42H47ClN6O.2C2HF3O2.41CH4/c1-27-19-31-15-18-48(42(30-10-4-3-5-11-30)36(31)25-39(27)50-2)16-8-12-34-26-49(47-46-34)17-7-6-9-28-20-29-22-32(21-28)40-38(23-29)45-37-24-33(43)13-14-35(37)41(40)44;2*3-2(4,5)1(6)7;;;;;;;;;;;;;;;;;;;;;;;;;;;;;;;;;;;;;;;;;/h3-5,10-11,13-14,19-20,24-26,29,32,42H,6-9,12,15-18,21-23H2,1-2H3,(H2,44,45);2*(H,6,7);41*1H4. The molecule has 670 valence electrons. The number of nitrogens with one attached hydrogen (secondary N) is 2. The first-order valence-electron chi connectivity index (χ1n) is 21.0. The molecule has 3 heterocycles. The molecule has 8 rings (SSSR count). The number of pyridine rings is 1. The van der Waals surface area contributed by atoms with E-state index >= 15 is 0 Å². The van der Waals surface area contributed by atoms with Crippen molar-refractivity contribution in [1.82, 2.24) is 15.0 Å². The molecule has 2 bridgehead atoms. The number of hydrogen-bond acceptors (Lipinski definition) is 8. The Hall–Kier alpha value is -5.68. The zero-order chi connectivity index (χ0) is 46.3. The lowest BCUT2D eigenvalue weighted by Crippen LogP contribution is -3.13.